The molecule has 6 N–H and O–H groups in total. The lowest BCUT2D eigenvalue weighted by molar-refractivity contribution is -0.373. The maximum absolute atomic E-state index is 13.7. The van der Waals surface area contributed by atoms with Gasteiger partial charge in [-0.15, -0.1) is 0 Å². The molecule has 9 heteroatoms. The average Bonchev–Trinajstić information content (AvgIpc) is 3.73. The van der Waals surface area contributed by atoms with Crippen molar-refractivity contribution in [1.29, 1.82) is 0 Å². The summed E-state index contributed by atoms with van der Waals surface area (Å²) >= 11 is 0. The molecule has 8 rings (SSSR count). The molecule has 0 aromatic carbocycles. The second-order valence-corrected chi connectivity index (χ2v) is 17.5. The van der Waals surface area contributed by atoms with E-state index < -0.39 is 69.7 Å². The smallest absolute Gasteiger partial charge is 0.331 e. The van der Waals surface area contributed by atoms with E-state index in [-0.39, 0.29) is 30.6 Å². The van der Waals surface area contributed by atoms with Crippen LogP contribution in [0.25, 0.3) is 0 Å². The number of esters is 1. The van der Waals surface area contributed by atoms with E-state index in [1.54, 1.807) is 6.08 Å². The van der Waals surface area contributed by atoms with Crippen LogP contribution in [-0.4, -0.2) is 86.5 Å². The zero-order valence-corrected chi connectivity index (χ0v) is 28.2. The van der Waals surface area contributed by atoms with Gasteiger partial charge >= 0.3 is 5.97 Å². The molecule has 0 bridgehead atoms. The minimum absolute atomic E-state index is 0.152. The third-order valence-corrected chi connectivity index (χ3v) is 16.2. The van der Waals surface area contributed by atoms with Gasteiger partial charge in [0.1, 0.15) is 23.6 Å². The number of fused-ring (bicyclic) bond motifs is 8. The van der Waals surface area contributed by atoms with Crippen LogP contribution in [0.4, 0.5) is 0 Å². The second-order valence-electron chi connectivity index (χ2n) is 17.5. The molecule has 6 fully saturated rings. The zero-order chi connectivity index (χ0) is 33.3. The Balaban J connectivity index is 1.27. The number of aliphatic hydroxyl groups excluding tert-OH is 2. The van der Waals surface area contributed by atoms with Gasteiger partial charge in [0.25, 0.3) is 0 Å². The number of aldehydes is 1. The Morgan fingerprint density at radius 3 is 2.45 bits per heavy atom. The van der Waals surface area contributed by atoms with Gasteiger partial charge in [-0.3, -0.25) is 0 Å². The summed E-state index contributed by atoms with van der Waals surface area (Å²) < 4.78 is 5.78. The summed E-state index contributed by atoms with van der Waals surface area (Å²) in [7, 11) is 1.84. The van der Waals surface area contributed by atoms with Crippen LogP contribution in [0.15, 0.2) is 23.3 Å². The molecule has 0 aromatic rings. The fourth-order valence-corrected chi connectivity index (χ4v) is 14.1. The quantitative estimate of drug-likeness (QED) is 0.149. The molecule has 0 radical (unpaired) electrons. The van der Waals surface area contributed by atoms with E-state index in [9.17, 15) is 35.1 Å². The van der Waals surface area contributed by atoms with Gasteiger partial charge in [0, 0.05) is 35.8 Å². The minimum Gasteiger partial charge on any atom is -0.450 e. The van der Waals surface area contributed by atoms with E-state index in [1.165, 1.54) is 25.7 Å². The lowest BCUT2D eigenvalue weighted by Gasteiger charge is -2.72. The van der Waals surface area contributed by atoms with Gasteiger partial charge in [-0.2, -0.15) is 0 Å². The molecular weight excluding hydrogens is 598 g/mol. The highest BCUT2D eigenvalue weighted by atomic mass is 16.5. The SMILES string of the molecule is CNCC1=C[C@@H]2C[C@]3(O)[C@]4(O)[C@@H](O)[C@H]5C[C@@H]([C@@H](C)C6CCCC6)CC[C@H]6[C@@H](O)CC[C@](C=O)([C@H]4CC[C@]3(C)[C@H]2C2=CC(=O)O[C@@H]12)[C@]56O. The predicted molar refractivity (Wildman–Crippen MR) is 172 cm³/mol. The highest BCUT2D eigenvalue weighted by molar-refractivity contribution is 5.87. The predicted octanol–water partition coefficient (Wildman–Crippen LogP) is 2.82. The van der Waals surface area contributed by atoms with Crippen LogP contribution in [0, 0.1) is 58.2 Å². The molecule has 0 saturated heterocycles. The van der Waals surface area contributed by atoms with Crippen LogP contribution < -0.4 is 5.32 Å². The van der Waals surface area contributed by atoms with E-state index >= 15 is 0 Å². The summed E-state index contributed by atoms with van der Waals surface area (Å²) in [5.41, 5.74) is -6.24. The lowest BCUT2D eigenvalue weighted by atomic mass is 9.35. The van der Waals surface area contributed by atoms with E-state index in [4.69, 9.17) is 4.74 Å². The number of allylic oxidation sites excluding steroid dienone is 1. The fraction of sp³-hybridized carbons (Fsp3) is 0.842. The van der Waals surface area contributed by atoms with Crippen LogP contribution >= 0.6 is 0 Å². The number of hydrogen-bond donors (Lipinski definition) is 6. The van der Waals surface area contributed by atoms with Crippen molar-refractivity contribution in [3.63, 3.8) is 0 Å². The van der Waals surface area contributed by atoms with Gasteiger partial charge in [0.15, 0.2) is 0 Å². The molecule has 7 aliphatic carbocycles. The van der Waals surface area contributed by atoms with Crippen molar-refractivity contribution in [2.24, 2.45) is 58.2 Å². The largest absolute Gasteiger partial charge is 0.450 e. The minimum atomic E-state index is -2.09. The Kier molecular flexibility index (Phi) is 7.41. The third-order valence-electron chi connectivity index (χ3n) is 16.2. The molecule has 0 unspecified atom stereocenters. The summed E-state index contributed by atoms with van der Waals surface area (Å²) in [6, 6.07) is 0. The Morgan fingerprint density at radius 2 is 1.74 bits per heavy atom. The number of rotatable bonds is 5. The van der Waals surface area contributed by atoms with Crippen LogP contribution in [0.5, 0.6) is 0 Å². The molecule has 0 amide bonds. The summed E-state index contributed by atoms with van der Waals surface area (Å²) in [6.07, 6.45) is 9.68. The van der Waals surface area contributed by atoms with Crippen LogP contribution in [-0.2, 0) is 14.3 Å². The second kappa shape index (κ2) is 10.7. The number of ether oxygens (including phenoxy) is 1. The van der Waals surface area contributed by atoms with Crippen LogP contribution in [0.1, 0.15) is 90.9 Å². The third kappa shape index (κ3) is 3.82. The monoisotopic (exact) mass is 653 g/mol. The summed E-state index contributed by atoms with van der Waals surface area (Å²) in [5, 5.41) is 67.4. The van der Waals surface area contributed by atoms with Crippen molar-refractivity contribution < 1.29 is 39.9 Å². The van der Waals surface area contributed by atoms with E-state index in [2.05, 4.69) is 18.3 Å². The van der Waals surface area contributed by atoms with Gasteiger partial charge in [-0.05, 0) is 99.1 Å². The van der Waals surface area contributed by atoms with E-state index in [1.807, 2.05) is 14.0 Å². The maximum atomic E-state index is 13.7. The topological polar surface area (TPSA) is 157 Å². The standard InChI is InChI=1S/C38H55NO8/c1-20(21-6-4-5-7-21)22-8-9-26-28(41)10-13-35(19-40)29-11-12-34(2)31-23(14-24(18-39-3)32-25(31)16-30(42)47-32)17-36(34,44)38(29,46)33(43)27(15-22)37(26,35)45/h14,16,19-23,26-29,31-33,39,41,43-46H,4-13,15,17-18H2,1-3H3/t20-,22-,23+,26-,27+,28-,29+,31+,32-,33-,34+,35-,36+,37+,38+/m0/s1. The van der Waals surface area contributed by atoms with Crippen molar-refractivity contribution in [3.05, 3.63) is 23.3 Å². The first kappa shape index (κ1) is 32.6. The van der Waals surface area contributed by atoms with Crippen molar-refractivity contribution in [1.82, 2.24) is 5.32 Å². The first-order chi connectivity index (χ1) is 22.3. The Morgan fingerprint density at radius 1 is 1.00 bits per heavy atom. The van der Waals surface area contributed by atoms with Gasteiger partial charge in [-0.25, -0.2) is 4.79 Å². The number of likely N-dealkylation sites (N-methyl/N-ethyl adjacent to an activating group) is 1. The first-order valence-corrected chi connectivity index (χ1v) is 18.6. The fourth-order valence-electron chi connectivity index (χ4n) is 14.1. The normalized spacial score (nSPS) is 54.1. The Labute approximate surface area is 278 Å². The summed E-state index contributed by atoms with van der Waals surface area (Å²) in [6.45, 7) is 4.78. The lowest BCUT2D eigenvalue weighted by Crippen LogP contribution is -2.85. The van der Waals surface area contributed by atoms with Gasteiger partial charge in [0.05, 0.1) is 23.2 Å². The summed E-state index contributed by atoms with van der Waals surface area (Å²) in [4.78, 5) is 26.4. The number of hydrogen-bond acceptors (Lipinski definition) is 9. The molecule has 15 atom stereocenters. The molecule has 8 aliphatic rings. The molecule has 6 saturated carbocycles. The number of carbonyl (C=O) groups is 2. The van der Waals surface area contributed by atoms with Gasteiger partial charge in [0.2, 0.25) is 0 Å². The molecule has 1 aliphatic heterocycles. The van der Waals surface area contributed by atoms with Crippen molar-refractivity contribution in [2.75, 3.05) is 13.6 Å². The summed E-state index contributed by atoms with van der Waals surface area (Å²) in [5.74, 6) is -2.24. The molecule has 0 aromatic heterocycles. The molecule has 260 valence electrons. The Hall–Kier alpha value is -1.62. The number of carbonyl (C=O) groups excluding carboxylic acids is 2. The van der Waals surface area contributed by atoms with Crippen molar-refractivity contribution >= 4 is 12.3 Å². The molecule has 0 spiro atoms. The molecule has 47 heavy (non-hydrogen) atoms. The highest BCUT2D eigenvalue weighted by Gasteiger charge is 2.84. The highest BCUT2D eigenvalue weighted by Crippen LogP contribution is 2.76. The molecule has 1 heterocycles. The molecular formula is C38H55NO8. The Bertz CT molecular complexity index is 1390. The van der Waals surface area contributed by atoms with Gasteiger partial charge in [-0.1, -0.05) is 45.6 Å². The number of nitrogens with one attached hydrogen (secondary N) is 1. The maximum Gasteiger partial charge on any atom is 0.331 e. The van der Waals surface area contributed by atoms with E-state index in [0.717, 1.165) is 23.9 Å². The van der Waals surface area contributed by atoms with Crippen LogP contribution in [0.2, 0.25) is 0 Å². The first-order valence-electron chi connectivity index (χ1n) is 18.6. The van der Waals surface area contributed by atoms with Crippen molar-refractivity contribution in [3.8, 4) is 0 Å². The van der Waals surface area contributed by atoms with Crippen molar-refractivity contribution in [2.45, 2.75) is 126 Å². The zero-order valence-electron chi connectivity index (χ0n) is 28.2. The average molecular weight is 654 g/mol. The van der Waals surface area contributed by atoms with E-state index in [0.29, 0.717) is 50.5 Å². The van der Waals surface area contributed by atoms with Crippen LogP contribution in [0.3, 0.4) is 0 Å². The number of aliphatic hydroxyl groups is 5. The molecule has 9 nitrogen and oxygen atoms in total. The van der Waals surface area contributed by atoms with Gasteiger partial charge < -0.3 is 40.4 Å².